The van der Waals surface area contributed by atoms with Crippen molar-refractivity contribution in [1.82, 2.24) is 20.4 Å². The maximum atomic E-state index is 12.8. The number of urea groups is 1. The Morgan fingerprint density at radius 3 is 3.00 bits per heavy atom. The third kappa shape index (κ3) is 3.38. The van der Waals surface area contributed by atoms with E-state index in [0.29, 0.717) is 18.3 Å². The zero-order valence-electron chi connectivity index (χ0n) is 14.6. The molecule has 1 aromatic heterocycles. The van der Waals surface area contributed by atoms with Gasteiger partial charge in [0, 0.05) is 13.1 Å². The van der Waals surface area contributed by atoms with Crippen LogP contribution in [0.4, 0.5) is 4.79 Å². The monoisotopic (exact) mass is 340 g/mol. The van der Waals surface area contributed by atoms with Crippen LogP contribution < -0.4 is 5.32 Å². The largest absolute Gasteiger partial charge is 0.339 e. The Morgan fingerprint density at radius 2 is 2.16 bits per heavy atom. The van der Waals surface area contributed by atoms with E-state index < -0.39 is 0 Å². The predicted molar refractivity (Wildman–Crippen MR) is 93.2 cm³/mol. The van der Waals surface area contributed by atoms with E-state index in [2.05, 4.69) is 39.7 Å². The van der Waals surface area contributed by atoms with E-state index in [0.717, 1.165) is 38.6 Å². The smallest absolute Gasteiger partial charge is 0.317 e. The van der Waals surface area contributed by atoms with Gasteiger partial charge in [0.25, 0.3) is 0 Å². The van der Waals surface area contributed by atoms with E-state index in [4.69, 9.17) is 4.52 Å². The minimum atomic E-state index is 0.0163. The summed E-state index contributed by atoms with van der Waals surface area (Å²) in [4.78, 5) is 19.0. The fourth-order valence-electron chi connectivity index (χ4n) is 3.99. The molecular weight excluding hydrogens is 316 g/mol. The van der Waals surface area contributed by atoms with E-state index in [-0.39, 0.29) is 18.0 Å². The second-order valence-corrected chi connectivity index (χ2v) is 7.06. The first-order valence-electron chi connectivity index (χ1n) is 9.14. The number of rotatable bonds is 2. The molecule has 1 aliphatic heterocycles. The number of carbonyl (C=O) groups is 1. The topological polar surface area (TPSA) is 71.3 Å². The lowest BCUT2D eigenvalue weighted by Crippen LogP contribution is -2.46. The Morgan fingerprint density at radius 1 is 1.28 bits per heavy atom. The van der Waals surface area contributed by atoms with Gasteiger partial charge in [-0.1, -0.05) is 29.4 Å². The third-order valence-electron chi connectivity index (χ3n) is 5.27. The number of carbonyl (C=O) groups excluding carboxylic acids is 1. The number of fused-ring (bicyclic) bond motifs is 1. The van der Waals surface area contributed by atoms with Gasteiger partial charge < -0.3 is 14.7 Å². The molecule has 6 heteroatoms. The van der Waals surface area contributed by atoms with Crippen molar-refractivity contribution in [2.75, 3.05) is 13.1 Å². The highest BCUT2D eigenvalue weighted by Gasteiger charge is 2.30. The Labute approximate surface area is 147 Å². The molecule has 0 spiro atoms. The van der Waals surface area contributed by atoms with Crippen LogP contribution in [0.5, 0.6) is 0 Å². The number of nitrogens with one attached hydrogen (secondary N) is 1. The predicted octanol–water partition coefficient (Wildman–Crippen LogP) is 3.34. The maximum Gasteiger partial charge on any atom is 0.317 e. The summed E-state index contributed by atoms with van der Waals surface area (Å²) in [6.07, 6.45) is 5.16. The molecule has 2 atom stereocenters. The molecule has 0 radical (unpaired) electrons. The minimum absolute atomic E-state index is 0.0163. The number of aryl methyl sites for hydroxylation is 2. The summed E-state index contributed by atoms with van der Waals surface area (Å²) in [6, 6.07) is 8.57. The van der Waals surface area contributed by atoms with Gasteiger partial charge in [-0.05, 0) is 50.2 Å². The second-order valence-electron chi connectivity index (χ2n) is 7.06. The molecular formula is C19H24N4O2. The number of aromatic nitrogens is 2. The van der Waals surface area contributed by atoms with Crippen LogP contribution in [0.25, 0.3) is 0 Å². The van der Waals surface area contributed by atoms with Crippen molar-refractivity contribution in [3.8, 4) is 0 Å². The lowest BCUT2D eigenvalue weighted by molar-refractivity contribution is 0.167. The number of hydrogen-bond acceptors (Lipinski definition) is 4. The molecule has 1 aromatic carbocycles. The van der Waals surface area contributed by atoms with Crippen molar-refractivity contribution >= 4 is 6.03 Å². The summed E-state index contributed by atoms with van der Waals surface area (Å²) < 4.78 is 5.31. The molecule has 2 unspecified atom stereocenters. The summed E-state index contributed by atoms with van der Waals surface area (Å²) in [5, 5.41) is 7.12. The Hall–Kier alpha value is -2.37. The molecule has 6 nitrogen and oxygen atoms in total. The Kier molecular flexibility index (Phi) is 4.42. The Bertz CT molecular complexity index is 757. The molecule has 0 saturated carbocycles. The highest BCUT2D eigenvalue weighted by molar-refractivity contribution is 5.75. The van der Waals surface area contributed by atoms with Crippen molar-refractivity contribution in [2.45, 2.75) is 51.0 Å². The highest BCUT2D eigenvalue weighted by Crippen LogP contribution is 2.30. The fourth-order valence-corrected chi connectivity index (χ4v) is 3.99. The highest BCUT2D eigenvalue weighted by atomic mass is 16.5. The first kappa shape index (κ1) is 16.1. The molecule has 1 fully saturated rings. The fraction of sp³-hybridized carbons (Fsp3) is 0.526. The van der Waals surface area contributed by atoms with Crippen LogP contribution in [0.2, 0.25) is 0 Å². The second kappa shape index (κ2) is 6.86. The number of amides is 2. The van der Waals surface area contributed by atoms with Crippen LogP contribution in [0.1, 0.15) is 60.5 Å². The van der Waals surface area contributed by atoms with Gasteiger partial charge in [-0.2, -0.15) is 4.98 Å². The molecule has 4 rings (SSSR count). The number of benzene rings is 1. The third-order valence-corrected chi connectivity index (χ3v) is 5.27. The van der Waals surface area contributed by atoms with Crippen molar-refractivity contribution < 1.29 is 9.32 Å². The average Bonchev–Trinajstić information content (AvgIpc) is 3.09. The molecule has 2 aliphatic rings. The molecule has 25 heavy (non-hydrogen) atoms. The van der Waals surface area contributed by atoms with Crippen LogP contribution in [0.15, 0.2) is 28.8 Å². The summed E-state index contributed by atoms with van der Waals surface area (Å²) >= 11 is 0. The first-order valence-corrected chi connectivity index (χ1v) is 9.14. The van der Waals surface area contributed by atoms with E-state index in [9.17, 15) is 4.79 Å². The molecule has 2 aromatic rings. The number of piperidine rings is 1. The first-order chi connectivity index (χ1) is 12.2. The van der Waals surface area contributed by atoms with Crippen molar-refractivity contribution in [3.05, 3.63) is 47.1 Å². The van der Waals surface area contributed by atoms with Crippen LogP contribution in [-0.4, -0.2) is 34.2 Å². The van der Waals surface area contributed by atoms with Crippen molar-refractivity contribution in [3.63, 3.8) is 0 Å². The quantitative estimate of drug-likeness (QED) is 0.910. The van der Waals surface area contributed by atoms with Gasteiger partial charge in [0.15, 0.2) is 5.82 Å². The summed E-state index contributed by atoms with van der Waals surface area (Å²) in [5.41, 5.74) is 2.63. The van der Waals surface area contributed by atoms with E-state index in [1.165, 1.54) is 11.1 Å². The molecule has 2 heterocycles. The zero-order valence-corrected chi connectivity index (χ0v) is 14.6. The summed E-state index contributed by atoms with van der Waals surface area (Å²) in [5.74, 6) is 1.44. The molecule has 0 bridgehead atoms. The van der Waals surface area contributed by atoms with Crippen molar-refractivity contribution in [1.29, 1.82) is 0 Å². The molecule has 2 amide bonds. The van der Waals surface area contributed by atoms with Gasteiger partial charge in [-0.3, -0.25) is 0 Å². The SMILES string of the molecule is Cc1noc(C2CCCN(C(=O)NC3CCCc4ccccc43)C2)n1. The van der Waals surface area contributed by atoms with Crippen molar-refractivity contribution in [2.24, 2.45) is 0 Å². The van der Waals surface area contributed by atoms with E-state index in [1.807, 2.05) is 11.8 Å². The lowest BCUT2D eigenvalue weighted by atomic mass is 9.88. The summed E-state index contributed by atoms with van der Waals surface area (Å²) in [6.45, 7) is 3.24. The standard InChI is InChI=1S/C19H24N4O2/c1-13-20-18(25-22-13)15-8-5-11-23(12-15)19(24)21-17-10-4-7-14-6-2-3-9-16(14)17/h2-3,6,9,15,17H,4-5,7-8,10-12H2,1H3,(H,21,24). The van der Waals surface area contributed by atoms with Gasteiger partial charge in [0.1, 0.15) is 0 Å². The summed E-state index contributed by atoms with van der Waals surface area (Å²) in [7, 11) is 0. The van der Waals surface area contributed by atoms with Gasteiger partial charge in [0.2, 0.25) is 5.89 Å². The van der Waals surface area contributed by atoms with E-state index in [1.54, 1.807) is 0 Å². The van der Waals surface area contributed by atoms with Gasteiger partial charge >= 0.3 is 6.03 Å². The van der Waals surface area contributed by atoms with Crippen LogP contribution in [-0.2, 0) is 6.42 Å². The van der Waals surface area contributed by atoms with Gasteiger partial charge in [-0.25, -0.2) is 4.79 Å². The molecule has 1 N–H and O–H groups in total. The van der Waals surface area contributed by atoms with Crippen LogP contribution >= 0.6 is 0 Å². The molecule has 1 aliphatic carbocycles. The van der Waals surface area contributed by atoms with Gasteiger partial charge in [-0.15, -0.1) is 0 Å². The van der Waals surface area contributed by atoms with E-state index >= 15 is 0 Å². The normalized spacial score (nSPS) is 23.2. The van der Waals surface area contributed by atoms with Crippen LogP contribution in [0.3, 0.4) is 0 Å². The average molecular weight is 340 g/mol. The number of likely N-dealkylation sites (tertiary alicyclic amines) is 1. The van der Waals surface area contributed by atoms with Crippen LogP contribution in [0, 0.1) is 6.92 Å². The zero-order chi connectivity index (χ0) is 17.2. The minimum Gasteiger partial charge on any atom is -0.339 e. The molecule has 1 saturated heterocycles. The Balaban J connectivity index is 1.43. The maximum absolute atomic E-state index is 12.8. The number of hydrogen-bond donors (Lipinski definition) is 1. The lowest BCUT2D eigenvalue weighted by Gasteiger charge is -2.34. The van der Waals surface area contributed by atoms with Gasteiger partial charge in [0.05, 0.1) is 12.0 Å². The number of nitrogens with zero attached hydrogens (tertiary/aromatic N) is 3. The molecule has 132 valence electrons.